The number of carbonyl (C=O) groups is 1. The van der Waals surface area contributed by atoms with E-state index in [0.29, 0.717) is 5.75 Å². The van der Waals surface area contributed by atoms with Crippen LogP contribution in [0, 0.1) is 0 Å². The molecule has 1 aromatic heterocycles. The van der Waals surface area contributed by atoms with Gasteiger partial charge in [-0.3, -0.25) is 9.78 Å². The number of para-hydroxylation sites is 3. The van der Waals surface area contributed by atoms with Crippen LogP contribution in [0.5, 0.6) is 5.75 Å². The first kappa shape index (κ1) is 18.6. The van der Waals surface area contributed by atoms with E-state index in [9.17, 15) is 4.79 Å². The maximum absolute atomic E-state index is 12.2. The molecular formula is C24H21N3O2. The van der Waals surface area contributed by atoms with Gasteiger partial charge in [0.2, 0.25) is 0 Å². The quantitative estimate of drug-likeness (QED) is 0.516. The fraction of sp³-hybridized carbons (Fsp3) is 0.125. The van der Waals surface area contributed by atoms with E-state index in [-0.39, 0.29) is 12.5 Å². The molecule has 0 aliphatic rings. The summed E-state index contributed by atoms with van der Waals surface area (Å²) in [6.07, 6.45) is 2.62. The number of carbonyl (C=O) groups excluding carboxylic acids is 1. The molecule has 0 spiro atoms. The van der Waals surface area contributed by atoms with E-state index in [2.05, 4.69) is 22.2 Å². The summed E-state index contributed by atoms with van der Waals surface area (Å²) in [6, 6.07) is 23.0. The van der Waals surface area contributed by atoms with Gasteiger partial charge in [-0.05, 0) is 54.4 Å². The number of benzene rings is 3. The molecule has 0 radical (unpaired) electrons. The van der Waals surface area contributed by atoms with Gasteiger partial charge in [0.15, 0.2) is 6.61 Å². The number of aromatic nitrogens is 2. The van der Waals surface area contributed by atoms with Gasteiger partial charge in [0.1, 0.15) is 5.75 Å². The van der Waals surface area contributed by atoms with Gasteiger partial charge in [0, 0.05) is 11.3 Å². The zero-order valence-corrected chi connectivity index (χ0v) is 16.1. The predicted molar refractivity (Wildman–Crippen MR) is 115 cm³/mol. The molecule has 4 aromatic rings. The van der Waals surface area contributed by atoms with Gasteiger partial charge in [-0.1, -0.05) is 37.3 Å². The second-order valence-corrected chi connectivity index (χ2v) is 6.62. The molecule has 0 aliphatic carbocycles. The van der Waals surface area contributed by atoms with E-state index < -0.39 is 0 Å². The maximum Gasteiger partial charge on any atom is 0.262 e. The number of fused-ring (bicyclic) bond motifs is 1. The van der Waals surface area contributed by atoms with Crippen LogP contribution < -0.4 is 10.1 Å². The Morgan fingerprint density at radius 1 is 0.931 bits per heavy atom. The Labute approximate surface area is 169 Å². The molecule has 0 unspecified atom stereocenters. The van der Waals surface area contributed by atoms with Crippen LogP contribution in [0.25, 0.3) is 22.3 Å². The minimum absolute atomic E-state index is 0.0484. The number of hydrogen-bond acceptors (Lipinski definition) is 4. The topological polar surface area (TPSA) is 64.1 Å². The first-order chi connectivity index (χ1) is 14.2. The van der Waals surface area contributed by atoms with Crippen LogP contribution >= 0.6 is 0 Å². The number of nitrogens with one attached hydrogen (secondary N) is 1. The average Bonchev–Trinajstić information content (AvgIpc) is 2.78. The highest BCUT2D eigenvalue weighted by Gasteiger charge is 2.07. The number of nitrogens with zero attached hydrogens (tertiary/aromatic N) is 2. The fourth-order valence-electron chi connectivity index (χ4n) is 3.10. The number of rotatable bonds is 6. The van der Waals surface area contributed by atoms with Gasteiger partial charge in [0.25, 0.3) is 5.91 Å². The van der Waals surface area contributed by atoms with Crippen molar-refractivity contribution in [1.29, 1.82) is 0 Å². The van der Waals surface area contributed by atoms with Crippen molar-refractivity contribution in [3.63, 3.8) is 0 Å². The third-order valence-electron chi connectivity index (χ3n) is 4.64. The molecular weight excluding hydrogens is 362 g/mol. The summed E-state index contributed by atoms with van der Waals surface area (Å²) in [5.74, 6) is 0.441. The lowest BCUT2D eigenvalue weighted by Gasteiger charge is -2.11. The molecule has 4 rings (SSSR count). The highest BCUT2D eigenvalue weighted by Crippen LogP contribution is 2.22. The van der Waals surface area contributed by atoms with E-state index in [1.54, 1.807) is 6.20 Å². The molecule has 0 aliphatic heterocycles. The molecule has 0 saturated heterocycles. The predicted octanol–water partition coefficient (Wildman–Crippen LogP) is 4.88. The molecule has 5 heteroatoms. The van der Waals surface area contributed by atoms with Crippen LogP contribution in [0.15, 0.2) is 79.0 Å². The lowest BCUT2D eigenvalue weighted by atomic mass is 10.1. The standard InChI is InChI=1S/C24H21N3O2/c1-2-17-7-3-4-8-20(17)27-24(28)16-29-19-13-11-18(12-14-19)23-15-25-21-9-5-6-10-22(21)26-23/h3-15H,2,16H2,1H3,(H,27,28). The van der Waals surface area contributed by atoms with Crippen LogP contribution in [0.4, 0.5) is 5.69 Å². The molecule has 1 heterocycles. The zero-order valence-electron chi connectivity index (χ0n) is 16.1. The summed E-state index contributed by atoms with van der Waals surface area (Å²) >= 11 is 0. The molecule has 0 fully saturated rings. The number of amides is 1. The summed E-state index contributed by atoms with van der Waals surface area (Å²) < 4.78 is 5.63. The zero-order chi connectivity index (χ0) is 20.1. The van der Waals surface area contributed by atoms with Crippen LogP contribution in [-0.4, -0.2) is 22.5 Å². The Balaban J connectivity index is 1.39. The van der Waals surface area contributed by atoms with Gasteiger partial charge >= 0.3 is 0 Å². The normalized spacial score (nSPS) is 10.7. The third kappa shape index (κ3) is 4.41. The molecule has 1 N–H and O–H groups in total. The van der Waals surface area contributed by atoms with Crippen molar-refractivity contribution >= 4 is 22.6 Å². The molecule has 0 atom stereocenters. The second-order valence-electron chi connectivity index (χ2n) is 6.62. The lowest BCUT2D eigenvalue weighted by Crippen LogP contribution is -2.20. The van der Waals surface area contributed by atoms with Crippen molar-refractivity contribution in [2.45, 2.75) is 13.3 Å². The van der Waals surface area contributed by atoms with Crippen LogP contribution in [0.1, 0.15) is 12.5 Å². The Morgan fingerprint density at radius 3 is 2.45 bits per heavy atom. The summed E-state index contributed by atoms with van der Waals surface area (Å²) in [5, 5.41) is 2.90. The molecule has 0 bridgehead atoms. The minimum atomic E-state index is -0.185. The van der Waals surface area contributed by atoms with E-state index >= 15 is 0 Å². The first-order valence-corrected chi connectivity index (χ1v) is 9.55. The van der Waals surface area contributed by atoms with Gasteiger partial charge < -0.3 is 10.1 Å². The monoisotopic (exact) mass is 383 g/mol. The molecule has 1 amide bonds. The van der Waals surface area contributed by atoms with Crippen LogP contribution in [0.2, 0.25) is 0 Å². The van der Waals surface area contributed by atoms with Crippen molar-refractivity contribution < 1.29 is 9.53 Å². The molecule has 0 saturated carbocycles. The summed E-state index contributed by atoms with van der Waals surface area (Å²) in [5.41, 5.74) is 5.39. The Kier molecular flexibility index (Phi) is 5.47. The van der Waals surface area contributed by atoms with Gasteiger partial charge in [-0.25, -0.2) is 4.98 Å². The first-order valence-electron chi connectivity index (χ1n) is 9.55. The third-order valence-corrected chi connectivity index (χ3v) is 4.64. The Hall–Kier alpha value is -3.73. The molecule has 5 nitrogen and oxygen atoms in total. The number of ether oxygens (including phenoxy) is 1. The number of hydrogen-bond donors (Lipinski definition) is 1. The van der Waals surface area contributed by atoms with E-state index in [0.717, 1.165) is 40.0 Å². The number of anilines is 1. The summed E-state index contributed by atoms with van der Waals surface area (Å²) in [4.78, 5) is 21.3. The van der Waals surface area contributed by atoms with Crippen molar-refractivity contribution in [1.82, 2.24) is 9.97 Å². The van der Waals surface area contributed by atoms with Gasteiger partial charge in [0.05, 0.1) is 22.9 Å². The Bertz CT molecular complexity index is 1140. The number of aryl methyl sites for hydroxylation is 1. The second kappa shape index (κ2) is 8.52. The highest BCUT2D eigenvalue weighted by atomic mass is 16.5. The van der Waals surface area contributed by atoms with Crippen molar-refractivity contribution in [3.8, 4) is 17.0 Å². The van der Waals surface area contributed by atoms with Gasteiger partial charge in [-0.15, -0.1) is 0 Å². The average molecular weight is 383 g/mol. The van der Waals surface area contributed by atoms with Gasteiger partial charge in [-0.2, -0.15) is 0 Å². The summed E-state index contributed by atoms with van der Waals surface area (Å²) in [6.45, 7) is 2.01. The van der Waals surface area contributed by atoms with Crippen molar-refractivity contribution in [2.24, 2.45) is 0 Å². The van der Waals surface area contributed by atoms with Crippen molar-refractivity contribution in [2.75, 3.05) is 11.9 Å². The largest absolute Gasteiger partial charge is 0.484 e. The van der Waals surface area contributed by atoms with Crippen molar-refractivity contribution in [3.05, 3.63) is 84.6 Å². The fourth-order valence-corrected chi connectivity index (χ4v) is 3.10. The maximum atomic E-state index is 12.2. The van der Waals surface area contributed by atoms with E-state index in [4.69, 9.17) is 4.74 Å². The molecule has 3 aromatic carbocycles. The van der Waals surface area contributed by atoms with Crippen LogP contribution in [0.3, 0.4) is 0 Å². The Morgan fingerprint density at radius 2 is 1.66 bits per heavy atom. The van der Waals surface area contributed by atoms with Crippen LogP contribution in [-0.2, 0) is 11.2 Å². The highest BCUT2D eigenvalue weighted by molar-refractivity contribution is 5.92. The SMILES string of the molecule is CCc1ccccc1NC(=O)COc1ccc(-c2cnc3ccccc3n2)cc1. The van der Waals surface area contributed by atoms with E-state index in [1.165, 1.54) is 0 Å². The summed E-state index contributed by atoms with van der Waals surface area (Å²) in [7, 11) is 0. The smallest absolute Gasteiger partial charge is 0.262 e. The lowest BCUT2D eigenvalue weighted by molar-refractivity contribution is -0.118. The minimum Gasteiger partial charge on any atom is -0.484 e. The molecule has 144 valence electrons. The van der Waals surface area contributed by atoms with E-state index in [1.807, 2.05) is 72.8 Å². The molecule has 29 heavy (non-hydrogen) atoms.